The van der Waals surface area contributed by atoms with Crippen LogP contribution in [0, 0.1) is 17.7 Å². The average molecular weight is 405 g/mol. The van der Waals surface area contributed by atoms with Crippen molar-refractivity contribution >= 4 is 33.4 Å². The van der Waals surface area contributed by atoms with Gasteiger partial charge in [-0.3, -0.25) is 4.98 Å². The van der Waals surface area contributed by atoms with Crippen molar-refractivity contribution in [3.63, 3.8) is 0 Å². The van der Waals surface area contributed by atoms with E-state index in [0.29, 0.717) is 34.4 Å². The molecule has 152 valence electrons. The van der Waals surface area contributed by atoms with E-state index in [1.807, 2.05) is 0 Å². The minimum Gasteiger partial charge on any atom is -0.423 e. The number of nitrogens with zero attached hydrogens (tertiary/aromatic N) is 4. The van der Waals surface area contributed by atoms with Crippen LogP contribution in [-0.4, -0.2) is 46.1 Å². The topological polar surface area (TPSA) is 105 Å². The third-order valence-electron chi connectivity index (χ3n) is 6.19. The summed E-state index contributed by atoms with van der Waals surface area (Å²) >= 11 is 0. The van der Waals surface area contributed by atoms with Gasteiger partial charge in [-0.15, -0.1) is 0 Å². The maximum Gasteiger partial charge on any atom is 0.326 e. The first-order valence-corrected chi connectivity index (χ1v) is 9.92. The first-order valence-electron chi connectivity index (χ1n) is 9.92. The molecule has 2 fully saturated rings. The second-order valence-corrected chi connectivity index (χ2v) is 7.87. The highest BCUT2D eigenvalue weighted by Crippen LogP contribution is 2.47. The Kier molecular flexibility index (Phi) is 3.64. The van der Waals surface area contributed by atoms with Crippen molar-refractivity contribution < 1.29 is 9.13 Å². The van der Waals surface area contributed by atoms with Gasteiger partial charge in [-0.2, -0.15) is 9.97 Å². The van der Waals surface area contributed by atoms with Gasteiger partial charge in [0.25, 0.3) is 0 Å². The molecular formula is C21H20FN7O. The van der Waals surface area contributed by atoms with Crippen molar-refractivity contribution in [1.82, 2.24) is 19.9 Å². The normalized spacial score (nSPS) is 22.5. The predicted molar refractivity (Wildman–Crippen MR) is 112 cm³/mol. The molecule has 1 saturated carbocycles. The van der Waals surface area contributed by atoms with E-state index in [1.54, 1.807) is 37.6 Å². The van der Waals surface area contributed by atoms with E-state index in [0.717, 1.165) is 29.7 Å². The Balaban J connectivity index is 1.54. The number of pyridine rings is 1. The standard InChI is InChI=1S/C21H20FN7O/c1-24-18-14(22)5-4-11-15-19(26-17(11)18)27-21(30-10-3-2-6-25-7-10)28-20(15)29-8-12-13(9-29)16(12)23/h2-7,12-13,16,24H,8-9,23H2,1H3,(H,26,27,28). The molecule has 2 atom stereocenters. The predicted octanol–water partition coefficient (Wildman–Crippen LogP) is 2.87. The second kappa shape index (κ2) is 6.27. The van der Waals surface area contributed by atoms with Gasteiger partial charge in [-0.25, -0.2) is 4.39 Å². The van der Waals surface area contributed by atoms with Crippen LogP contribution in [0.3, 0.4) is 0 Å². The minimum absolute atomic E-state index is 0.216. The number of hydrogen-bond acceptors (Lipinski definition) is 7. The number of halogens is 1. The molecule has 9 heteroatoms. The van der Waals surface area contributed by atoms with Crippen molar-refractivity contribution in [2.45, 2.75) is 6.04 Å². The molecule has 3 aromatic heterocycles. The third kappa shape index (κ3) is 2.51. The summed E-state index contributed by atoms with van der Waals surface area (Å²) in [5.41, 5.74) is 7.79. The smallest absolute Gasteiger partial charge is 0.326 e. The van der Waals surface area contributed by atoms with Gasteiger partial charge in [0.15, 0.2) is 0 Å². The Hall–Kier alpha value is -3.46. The van der Waals surface area contributed by atoms with E-state index in [2.05, 4.69) is 25.2 Å². The molecule has 0 bridgehead atoms. The van der Waals surface area contributed by atoms with E-state index in [4.69, 9.17) is 15.5 Å². The molecule has 4 aromatic rings. The Morgan fingerprint density at radius 1 is 1.23 bits per heavy atom. The van der Waals surface area contributed by atoms with Gasteiger partial charge >= 0.3 is 6.01 Å². The zero-order valence-corrected chi connectivity index (χ0v) is 16.3. The molecule has 0 spiro atoms. The van der Waals surface area contributed by atoms with E-state index in [9.17, 15) is 4.39 Å². The summed E-state index contributed by atoms with van der Waals surface area (Å²) in [6.07, 6.45) is 3.28. The zero-order valence-electron chi connectivity index (χ0n) is 16.3. The highest BCUT2D eigenvalue weighted by atomic mass is 19.1. The highest BCUT2D eigenvalue weighted by molar-refractivity contribution is 6.14. The van der Waals surface area contributed by atoms with Crippen LogP contribution in [-0.2, 0) is 0 Å². The van der Waals surface area contributed by atoms with Crippen LogP contribution in [0.15, 0.2) is 36.7 Å². The molecular weight excluding hydrogens is 385 g/mol. The molecule has 1 aliphatic carbocycles. The Morgan fingerprint density at radius 3 is 2.80 bits per heavy atom. The molecule has 6 rings (SSSR count). The Morgan fingerprint density at radius 2 is 2.07 bits per heavy atom. The van der Waals surface area contributed by atoms with Crippen molar-refractivity contribution in [3.05, 3.63) is 42.5 Å². The number of hydrogen-bond donors (Lipinski definition) is 3. The lowest BCUT2D eigenvalue weighted by Crippen LogP contribution is -2.29. The van der Waals surface area contributed by atoms with Crippen molar-refractivity contribution in [2.75, 3.05) is 30.4 Å². The maximum atomic E-state index is 14.3. The van der Waals surface area contributed by atoms with Gasteiger partial charge in [0.1, 0.15) is 23.0 Å². The number of piperidine rings is 1. The first kappa shape index (κ1) is 17.4. The van der Waals surface area contributed by atoms with Crippen LogP contribution in [0.5, 0.6) is 11.8 Å². The van der Waals surface area contributed by atoms with Crippen LogP contribution in [0.4, 0.5) is 15.9 Å². The van der Waals surface area contributed by atoms with Crippen LogP contribution >= 0.6 is 0 Å². The number of anilines is 2. The molecule has 2 aliphatic rings. The van der Waals surface area contributed by atoms with Crippen molar-refractivity contribution in [3.8, 4) is 11.8 Å². The summed E-state index contributed by atoms with van der Waals surface area (Å²) in [4.78, 5) is 18.9. The zero-order chi connectivity index (χ0) is 20.4. The Bertz CT molecular complexity index is 1260. The van der Waals surface area contributed by atoms with Crippen LogP contribution < -0.4 is 20.7 Å². The van der Waals surface area contributed by atoms with Gasteiger partial charge in [0.2, 0.25) is 0 Å². The molecule has 0 amide bonds. The molecule has 1 aromatic carbocycles. The summed E-state index contributed by atoms with van der Waals surface area (Å²) in [6.45, 7) is 1.69. The van der Waals surface area contributed by atoms with Gasteiger partial charge in [-0.1, -0.05) is 0 Å². The fourth-order valence-electron chi connectivity index (χ4n) is 4.58. The molecule has 2 unspecified atom stereocenters. The lowest BCUT2D eigenvalue weighted by molar-refractivity contribution is 0.442. The molecule has 30 heavy (non-hydrogen) atoms. The van der Waals surface area contributed by atoms with E-state index in [-0.39, 0.29) is 17.9 Å². The fourth-order valence-corrected chi connectivity index (χ4v) is 4.58. The molecule has 1 saturated heterocycles. The second-order valence-electron chi connectivity index (χ2n) is 7.87. The monoisotopic (exact) mass is 405 g/mol. The minimum atomic E-state index is -0.328. The average Bonchev–Trinajstić information content (AvgIpc) is 3.12. The summed E-state index contributed by atoms with van der Waals surface area (Å²) in [6, 6.07) is 7.30. The van der Waals surface area contributed by atoms with Gasteiger partial charge in [0, 0.05) is 37.8 Å². The largest absolute Gasteiger partial charge is 0.423 e. The number of aromatic amines is 1. The third-order valence-corrected chi connectivity index (χ3v) is 6.19. The van der Waals surface area contributed by atoms with Crippen molar-refractivity contribution in [1.29, 1.82) is 0 Å². The summed E-state index contributed by atoms with van der Waals surface area (Å²) in [5.74, 6) is 1.98. The lowest BCUT2D eigenvalue weighted by atomic mass is 10.1. The number of H-pyrrole nitrogens is 1. The van der Waals surface area contributed by atoms with E-state index in [1.165, 1.54) is 6.07 Å². The van der Waals surface area contributed by atoms with E-state index < -0.39 is 0 Å². The van der Waals surface area contributed by atoms with Gasteiger partial charge < -0.3 is 25.7 Å². The molecule has 1 aliphatic heterocycles. The number of ether oxygens (including phenoxy) is 1. The van der Waals surface area contributed by atoms with Gasteiger partial charge in [-0.05, 0) is 36.1 Å². The highest BCUT2D eigenvalue weighted by Gasteiger charge is 2.54. The molecule has 4 heterocycles. The summed E-state index contributed by atoms with van der Waals surface area (Å²) < 4.78 is 20.2. The first-order chi connectivity index (χ1) is 14.6. The maximum absolute atomic E-state index is 14.3. The quantitative estimate of drug-likeness (QED) is 0.479. The van der Waals surface area contributed by atoms with Crippen molar-refractivity contribution in [2.24, 2.45) is 17.6 Å². The number of aromatic nitrogens is 4. The SMILES string of the molecule is CNc1c(F)ccc2c1[nH]c1nc(Oc3cccnc3)nc(N3CC4C(N)C4C3)c12. The lowest BCUT2D eigenvalue weighted by Gasteiger charge is -2.21. The fraction of sp³-hybridized carbons (Fsp3) is 0.286. The summed E-state index contributed by atoms with van der Waals surface area (Å²) in [7, 11) is 1.70. The number of nitrogens with one attached hydrogen (secondary N) is 2. The molecule has 8 nitrogen and oxygen atoms in total. The van der Waals surface area contributed by atoms with Crippen LogP contribution in [0.25, 0.3) is 21.9 Å². The Labute approximate surface area is 171 Å². The summed E-state index contributed by atoms with van der Waals surface area (Å²) in [5, 5.41) is 4.66. The van der Waals surface area contributed by atoms with Crippen LogP contribution in [0.1, 0.15) is 0 Å². The molecule has 0 radical (unpaired) electrons. The van der Waals surface area contributed by atoms with Gasteiger partial charge in [0.05, 0.1) is 22.8 Å². The number of benzene rings is 1. The van der Waals surface area contributed by atoms with Crippen LogP contribution in [0.2, 0.25) is 0 Å². The number of rotatable bonds is 4. The molecule has 4 N–H and O–H groups in total. The number of fused-ring (bicyclic) bond motifs is 4. The number of nitrogens with two attached hydrogens (primary N) is 1. The van der Waals surface area contributed by atoms with E-state index >= 15 is 0 Å².